The van der Waals surface area contributed by atoms with Crippen LogP contribution in [0.2, 0.25) is 0 Å². The minimum absolute atomic E-state index is 0.0000746. The fourth-order valence-corrected chi connectivity index (χ4v) is 8.65. The highest BCUT2D eigenvalue weighted by Gasteiger charge is 2.67. The van der Waals surface area contributed by atoms with Gasteiger partial charge in [-0.3, -0.25) is 9.59 Å². The summed E-state index contributed by atoms with van der Waals surface area (Å²) >= 11 is 0. The van der Waals surface area contributed by atoms with E-state index in [1.807, 2.05) is 13.8 Å². The summed E-state index contributed by atoms with van der Waals surface area (Å²) in [7, 11) is 0. The van der Waals surface area contributed by atoms with Crippen molar-refractivity contribution in [3.05, 3.63) is 46.3 Å². The van der Waals surface area contributed by atoms with E-state index in [1.165, 1.54) is 5.57 Å². The topological polar surface area (TPSA) is 74.6 Å². The predicted octanol–water partition coefficient (Wildman–Crippen LogP) is 6.70. The van der Waals surface area contributed by atoms with Gasteiger partial charge in [-0.1, -0.05) is 45.4 Å². The number of aliphatic carboxylic acids is 1. The second kappa shape index (κ2) is 6.52. The van der Waals surface area contributed by atoms with Crippen LogP contribution in [0.15, 0.2) is 46.3 Å². The second-order valence-corrected chi connectivity index (χ2v) is 12.9. The van der Waals surface area contributed by atoms with E-state index in [9.17, 15) is 19.8 Å². The molecule has 3 saturated carbocycles. The van der Waals surface area contributed by atoms with Crippen molar-refractivity contribution in [3.8, 4) is 0 Å². The van der Waals surface area contributed by atoms with E-state index < -0.39 is 11.4 Å². The summed E-state index contributed by atoms with van der Waals surface area (Å²) in [6.07, 6.45) is 12.7. The van der Waals surface area contributed by atoms with E-state index >= 15 is 0 Å². The van der Waals surface area contributed by atoms with E-state index in [4.69, 9.17) is 0 Å². The molecular formula is C29H38O4. The second-order valence-electron chi connectivity index (χ2n) is 12.9. The van der Waals surface area contributed by atoms with E-state index in [2.05, 4.69) is 39.8 Å². The Bertz CT molecular complexity index is 1100. The van der Waals surface area contributed by atoms with Crippen LogP contribution >= 0.6 is 0 Å². The number of carboxylic acids is 1. The molecule has 178 valence electrons. The molecular weight excluding hydrogens is 412 g/mol. The Morgan fingerprint density at radius 3 is 2.30 bits per heavy atom. The van der Waals surface area contributed by atoms with Crippen molar-refractivity contribution >= 4 is 11.8 Å². The molecule has 0 heterocycles. The molecule has 0 aromatic carbocycles. The van der Waals surface area contributed by atoms with Gasteiger partial charge in [-0.25, -0.2) is 0 Å². The van der Waals surface area contributed by atoms with E-state index in [0.29, 0.717) is 11.5 Å². The Labute approximate surface area is 197 Å². The van der Waals surface area contributed by atoms with Gasteiger partial charge in [0, 0.05) is 11.0 Å². The average molecular weight is 451 g/mol. The number of allylic oxidation sites excluding steroid dienone is 7. The third kappa shape index (κ3) is 2.64. The standard InChI is InChI=1S/C29H38O4/c1-17-18-7-8-21-27(4,19(18)15-20(30)23(17)31)12-14-29(6)22-16-26(3,24(32)33)10-9-25(22,2)11-13-28(21,29)5/h7-8,15,22,31H,9-14,16H2,1-6H3,(H,32,33)/t22-,25+,26+,27-,28-,29+/m0/s1. The number of carbonyl (C=O) groups excluding carboxylic acids is 1. The Hall–Kier alpha value is -2.10. The number of rotatable bonds is 1. The Morgan fingerprint density at radius 1 is 0.970 bits per heavy atom. The van der Waals surface area contributed by atoms with Crippen molar-refractivity contribution in [2.75, 3.05) is 0 Å². The van der Waals surface area contributed by atoms with Crippen molar-refractivity contribution in [2.24, 2.45) is 33.0 Å². The molecule has 4 nitrogen and oxygen atoms in total. The largest absolute Gasteiger partial charge is 0.504 e. The monoisotopic (exact) mass is 450 g/mol. The molecule has 5 rings (SSSR count). The molecule has 0 aromatic heterocycles. The molecule has 0 bridgehead atoms. The summed E-state index contributed by atoms with van der Waals surface area (Å²) in [5.74, 6) is -0.734. The molecule has 3 fully saturated rings. The first-order valence-electron chi connectivity index (χ1n) is 12.6. The minimum Gasteiger partial charge on any atom is -0.504 e. The number of hydrogen-bond donors (Lipinski definition) is 2. The number of carbonyl (C=O) groups is 2. The number of carboxylic acid groups (broad SMARTS) is 1. The number of aliphatic hydroxyl groups is 1. The third-order valence-electron chi connectivity index (χ3n) is 11.4. The minimum atomic E-state index is -0.655. The Morgan fingerprint density at radius 2 is 1.64 bits per heavy atom. The molecule has 0 radical (unpaired) electrons. The molecule has 0 aliphatic heterocycles. The van der Waals surface area contributed by atoms with Gasteiger partial charge in [0.05, 0.1) is 5.41 Å². The lowest BCUT2D eigenvalue weighted by atomic mass is 9.34. The summed E-state index contributed by atoms with van der Waals surface area (Å²) in [6.45, 7) is 13.3. The fraction of sp³-hybridized carbons (Fsp3) is 0.655. The molecule has 0 unspecified atom stereocenters. The summed E-state index contributed by atoms with van der Waals surface area (Å²) in [5, 5.41) is 20.3. The highest BCUT2D eigenvalue weighted by Crippen LogP contribution is 2.75. The lowest BCUT2D eigenvalue weighted by molar-refractivity contribution is -0.178. The lowest BCUT2D eigenvalue weighted by Crippen LogP contribution is -2.62. The highest BCUT2D eigenvalue weighted by atomic mass is 16.4. The average Bonchev–Trinajstić information content (AvgIpc) is 2.75. The number of hydrogen-bond acceptors (Lipinski definition) is 3. The zero-order valence-corrected chi connectivity index (χ0v) is 21.0. The van der Waals surface area contributed by atoms with E-state index in [1.54, 1.807) is 6.08 Å². The van der Waals surface area contributed by atoms with Gasteiger partial charge in [0.25, 0.3) is 0 Å². The van der Waals surface area contributed by atoms with Gasteiger partial charge >= 0.3 is 5.97 Å². The lowest BCUT2D eigenvalue weighted by Gasteiger charge is -2.70. The smallest absolute Gasteiger partial charge is 0.309 e. The molecule has 0 amide bonds. The van der Waals surface area contributed by atoms with Crippen LogP contribution in [0.5, 0.6) is 0 Å². The summed E-state index contributed by atoms with van der Waals surface area (Å²) in [6, 6.07) is 0. The molecule has 0 aromatic rings. The maximum Gasteiger partial charge on any atom is 0.309 e. The Balaban J connectivity index is 1.64. The van der Waals surface area contributed by atoms with E-state index in [0.717, 1.165) is 56.1 Å². The van der Waals surface area contributed by atoms with Gasteiger partial charge in [0.1, 0.15) is 0 Å². The molecule has 0 saturated heterocycles. The molecule has 33 heavy (non-hydrogen) atoms. The van der Waals surface area contributed by atoms with Gasteiger partial charge in [-0.15, -0.1) is 0 Å². The first kappa shape index (κ1) is 22.7. The van der Waals surface area contributed by atoms with Crippen molar-refractivity contribution in [1.82, 2.24) is 0 Å². The Kier molecular flexibility index (Phi) is 4.48. The van der Waals surface area contributed by atoms with Crippen LogP contribution in [-0.2, 0) is 9.59 Å². The van der Waals surface area contributed by atoms with Crippen LogP contribution in [0.4, 0.5) is 0 Å². The van der Waals surface area contributed by atoms with Crippen molar-refractivity contribution in [2.45, 2.75) is 86.5 Å². The van der Waals surface area contributed by atoms with Crippen LogP contribution in [-0.4, -0.2) is 22.0 Å². The quantitative estimate of drug-likeness (QED) is 0.466. The van der Waals surface area contributed by atoms with Gasteiger partial charge in [0.15, 0.2) is 5.76 Å². The normalized spacial score (nSPS) is 46.8. The van der Waals surface area contributed by atoms with Crippen LogP contribution in [0.1, 0.15) is 86.5 Å². The number of aliphatic hydroxyl groups excluding tert-OH is 1. The zero-order chi connectivity index (χ0) is 24.2. The highest BCUT2D eigenvalue weighted by molar-refractivity contribution is 6.06. The predicted molar refractivity (Wildman–Crippen MR) is 129 cm³/mol. The summed E-state index contributed by atoms with van der Waals surface area (Å²) in [4.78, 5) is 24.8. The fourth-order valence-electron chi connectivity index (χ4n) is 8.65. The SMILES string of the molecule is CC1=C(O)C(=O)C=C2C1=CC=C1[C@@]2(C)CC[C@]2(C)[C@H]3C[C@](C)(C(=O)O)CC[C@]3(C)CC[C@@]12C. The van der Waals surface area contributed by atoms with Crippen LogP contribution < -0.4 is 0 Å². The van der Waals surface area contributed by atoms with Gasteiger partial charge in [0.2, 0.25) is 5.78 Å². The first-order chi connectivity index (χ1) is 15.2. The molecule has 0 spiro atoms. The van der Waals surface area contributed by atoms with Gasteiger partial charge < -0.3 is 10.2 Å². The third-order valence-corrected chi connectivity index (χ3v) is 11.4. The molecule has 4 heteroatoms. The zero-order valence-electron chi connectivity index (χ0n) is 21.0. The van der Waals surface area contributed by atoms with Crippen LogP contribution in [0, 0.1) is 33.0 Å². The first-order valence-corrected chi connectivity index (χ1v) is 12.6. The van der Waals surface area contributed by atoms with Gasteiger partial charge in [-0.2, -0.15) is 0 Å². The van der Waals surface area contributed by atoms with Crippen LogP contribution in [0.25, 0.3) is 0 Å². The maximum atomic E-state index is 12.6. The molecule has 6 atom stereocenters. The number of fused-ring (bicyclic) bond motifs is 7. The van der Waals surface area contributed by atoms with Gasteiger partial charge in [-0.05, 0) is 98.2 Å². The molecule has 2 N–H and O–H groups in total. The van der Waals surface area contributed by atoms with Crippen molar-refractivity contribution < 1.29 is 19.8 Å². The van der Waals surface area contributed by atoms with E-state index in [-0.39, 0.29) is 33.2 Å². The number of ketones is 1. The van der Waals surface area contributed by atoms with Crippen molar-refractivity contribution in [1.29, 1.82) is 0 Å². The van der Waals surface area contributed by atoms with Crippen molar-refractivity contribution in [3.63, 3.8) is 0 Å². The molecule has 5 aliphatic carbocycles. The molecule has 5 aliphatic rings. The maximum absolute atomic E-state index is 12.6. The summed E-state index contributed by atoms with van der Waals surface area (Å²) in [5.41, 5.74) is 3.33. The summed E-state index contributed by atoms with van der Waals surface area (Å²) < 4.78 is 0. The van der Waals surface area contributed by atoms with Crippen LogP contribution in [0.3, 0.4) is 0 Å².